The molecule has 1 amide bonds. The second-order valence-corrected chi connectivity index (χ2v) is 8.40. The molecule has 0 bridgehead atoms. The van der Waals surface area contributed by atoms with Gasteiger partial charge in [-0.2, -0.15) is 5.10 Å². The molecular weight excluding hydrogens is 456 g/mol. The molecule has 4 rings (SSSR count). The van der Waals surface area contributed by atoms with Gasteiger partial charge in [0.25, 0.3) is 0 Å². The van der Waals surface area contributed by atoms with E-state index in [-0.39, 0.29) is 18.3 Å². The first-order chi connectivity index (χ1) is 17.5. The minimum Gasteiger partial charge on any atom is -0.454 e. The Balaban J connectivity index is 1.45. The fourth-order valence-corrected chi connectivity index (χ4v) is 3.91. The Morgan fingerprint density at radius 2 is 1.78 bits per heavy atom. The van der Waals surface area contributed by atoms with Crippen LogP contribution in [0.25, 0.3) is 22.3 Å². The van der Waals surface area contributed by atoms with Gasteiger partial charge in [0.05, 0.1) is 22.8 Å². The number of carbonyl (C=O) groups is 3. The number of ketones is 1. The van der Waals surface area contributed by atoms with Crippen LogP contribution in [0.5, 0.6) is 0 Å². The summed E-state index contributed by atoms with van der Waals surface area (Å²) in [6, 6.07) is 18.5. The maximum absolute atomic E-state index is 13.1. The molecule has 0 aliphatic heterocycles. The van der Waals surface area contributed by atoms with Gasteiger partial charge in [0.15, 0.2) is 18.0 Å². The molecule has 2 heterocycles. The number of ether oxygens (including phenoxy) is 1. The topological polar surface area (TPSA) is 103 Å². The van der Waals surface area contributed by atoms with E-state index in [1.807, 2.05) is 49.4 Å². The van der Waals surface area contributed by atoms with Crippen LogP contribution in [0.2, 0.25) is 0 Å². The molecule has 2 aromatic heterocycles. The molecule has 36 heavy (non-hydrogen) atoms. The van der Waals surface area contributed by atoms with E-state index in [4.69, 9.17) is 9.72 Å². The summed E-state index contributed by atoms with van der Waals surface area (Å²) in [5.41, 5.74) is 3.94. The van der Waals surface area contributed by atoms with Crippen LogP contribution >= 0.6 is 0 Å². The summed E-state index contributed by atoms with van der Waals surface area (Å²) in [4.78, 5) is 41.4. The summed E-state index contributed by atoms with van der Waals surface area (Å²) >= 11 is 0. The summed E-state index contributed by atoms with van der Waals surface area (Å²) in [6.45, 7) is 4.29. The molecule has 0 atom stereocenters. The first-order valence-corrected chi connectivity index (χ1v) is 11.9. The highest BCUT2D eigenvalue weighted by Crippen LogP contribution is 2.25. The zero-order valence-corrected chi connectivity index (χ0v) is 20.4. The Hall–Kier alpha value is -4.33. The average Bonchev–Trinajstić information content (AvgIpc) is 3.33. The van der Waals surface area contributed by atoms with Crippen LogP contribution in [0.15, 0.2) is 66.9 Å². The number of hydrogen-bond acceptors (Lipinski definition) is 6. The lowest BCUT2D eigenvalue weighted by Gasteiger charge is -2.09. The van der Waals surface area contributed by atoms with Crippen molar-refractivity contribution >= 4 is 28.7 Å². The van der Waals surface area contributed by atoms with Crippen molar-refractivity contribution in [2.24, 2.45) is 0 Å². The Morgan fingerprint density at radius 3 is 2.47 bits per heavy atom. The number of fused-ring (bicyclic) bond motifs is 1. The van der Waals surface area contributed by atoms with Crippen LogP contribution in [0.1, 0.15) is 46.5 Å². The third-order valence-corrected chi connectivity index (χ3v) is 5.82. The number of aryl methyl sites for hydroxylation is 2. The van der Waals surface area contributed by atoms with E-state index in [2.05, 4.69) is 10.4 Å². The maximum Gasteiger partial charge on any atom is 0.339 e. The van der Waals surface area contributed by atoms with Gasteiger partial charge in [-0.3, -0.25) is 9.59 Å². The second-order valence-electron chi connectivity index (χ2n) is 8.40. The number of carbonyl (C=O) groups excluding carboxylic acids is 3. The lowest BCUT2D eigenvalue weighted by molar-refractivity contribution is -0.118. The van der Waals surface area contributed by atoms with Crippen molar-refractivity contribution in [3.8, 4) is 11.3 Å². The number of pyridine rings is 1. The van der Waals surface area contributed by atoms with Crippen molar-refractivity contribution in [1.82, 2.24) is 20.1 Å². The summed E-state index contributed by atoms with van der Waals surface area (Å²) in [6.07, 6.45) is 3.20. The van der Waals surface area contributed by atoms with Crippen molar-refractivity contribution in [2.45, 2.75) is 33.2 Å². The van der Waals surface area contributed by atoms with Crippen molar-refractivity contribution < 1.29 is 19.1 Å². The Bertz CT molecular complexity index is 1380. The second kappa shape index (κ2) is 11.4. The van der Waals surface area contributed by atoms with Gasteiger partial charge >= 0.3 is 5.97 Å². The molecule has 0 fully saturated rings. The minimum atomic E-state index is -0.599. The van der Waals surface area contributed by atoms with E-state index in [1.54, 1.807) is 29.1 Å². The van der Waals surface area contributed by atoms with Crippen LogP contribution < -0.4 is 5.32 Å². The molecule has 8 nitrogen and oxygen atoms in total. The maximum atomic E-state index is 13.1. The quantitative estimate of drug-likeness (QED) is 0.205. The highest BCUT2D eigenvalue weighted by atomic mass is 16.5. The predicted molar refractivity (Wildman–Crippen MR) is 137 cm³/mol. The standard InChI is InChI=1S/C28H28N4O4/c1-3-32-27-24(17-30-32)23(16-25(31-27)21-9-5-4-6-10-21)28(35)36-18-26(34)22-13-11-20(12-14-22)8-7-15-29-19(2)33/h4-6,9-14,16-17H,3,7-8,15,18H2,1-2H3,(H,29,33). The number of hydrogen-bond donors (Lipinski definition) is 1. The molecule has 0 aliphatic rings. The van der Waals surface area contributed by atoms with Gasteiger partial charge in [0, 0.05) is 31.1 Å². The largest absolute Gasteiger partial charge is 0.454 e. The summed E-state index contributed by atoms with van der Waals surface area (Å²) in [5.74, 6) is -0.933. The van der Waals surface area contributed by atoms with Crippen molar-refractivity contribution in [1.29, 1.82) is 0 Å². The van der Waals surface area contributed by atoms with E-state index < -0.39 is 5.97 Å². The Morgan fingerprint density at radius 1 is 1.03 bits per heavy atom. The zero-order chi connectivity index (χ0) is 25.5. The number of nitrogens with zero attached hydrogens (tertiary/aromatic N) is 3. The van der Waals surface area contributed by atoms with E-state index >= 15 is 0 Å². The smallest absolute Gasteiger partial charge is 0.339 e. The van der Waals surface area contributed by atoms with Gasteiger partial charge in [0.1, 0.15) is 0 Å². The Kier molecular flexibility index (Phi) is 7.85. The normalized spacial score (nSPS) is 10.8. The van der Waals surface area contributed by atoms with E-state index in [9.17, 15) is 14.4 Å². The van der Waals surface area contributed by atoms with Gasteiger partial charge in [-0.15, -0.1) is 0 Å². The number of rotatable bonds is 10. The molecule has 2 aromatic carbocycles. The SMILES string of the molecule is CCn1ncc2c(C(=O)OCC(=O)c3ccc(CCCNC(C)=O)cc3)cc(-c3ccccc3)nc21. The fourth-order valence-electron chi connectivity index (χ4n) is 3.91. The van der Waals surface area contributed by atoms with Crippen LogP contribution in [0.3, 0.4) is 0 Å². The van der Waals surface area contributed by atoms with E-state index in [0.717, 1.165) is 24.0 Å². The molecule has 1 N–H and O–H groups in total. The van der Waals surface area contributed by atoms with Crippen LogP contribution in [0, 0.1) is 0 Å². The lowest BCUT2D eigenvalue weighted by Crippen LogP contribution is -2.21. The lowest BCUT2D eigenvalue weighted by atomic mass is 10.1. The number of aromatic nitrogens is 3. The number of Topliss-reactive ketones (excluding diaryl/α,β-unsaturated/α-hetero) is 1. The average molecular weight is 485 g/mol. The van der Waals surface area contributed by atoms with Gasteiger partial charge < -0.3 is 10.1 Å². The van der Waals surface area contributed by atoms with Crippen LogP contribution in [0.4, 0.5) is 0 Å². The Labute approximate surface area is 209 Å². The molecule has 0 saturated carbocycles. The monoisotopic (exact) mass is 484 g/mol. The van der Waals surface area contributed by atoms with Crippen molar-refractivity contribution in [2.75, 3.05) is 13.2 Å². The van der Waals surface area contributed by atoms with Crippen molar-refractivity contribution in [3.63, 3.8) is 0 Å². The molecule has 4 aromatic rings. The van der Waals surface area contributed by atoms with Gasteiger partial charge in [0.2, 0.25) is 5.91 Å². The van der Waals surface area contributed by atoms with Crippen molar-refractivity contribution in [3.05, 3.63) is 83.6 Å². The first-order valence-electron chi connectivity index (χ1n) is 11.9. The summed E-state index contributed by atoms with van der Waals surface area (Å²) in [7, 11) is 0. The highest BCUT2D eigenvalue weighted by Gasteiger charge is 2.19. The van der Waals surface area contributed by atoms with E-state index in [1.165, 1.54) is 6.92 Å². The molecule has 184 valence electrons. The minimum absolute atomic E-state index is 0.0477. The van der Waals surface area contributed by atoms with Gasteiger partial charge in [-0.05, 0) is 31.4 Å². The number of esters is 1. The number of amides is 1. The molecule has 8 heteroatoms. The van der Waals surface area contributed by atoms with Crippen LogP contribution in [-0.2, 0) is 22.5 Å². The number of nitrogens with one attached hydrogen (secondary N) is 1. The van der Waals surface area contributed by atoms with Crippen LogP contribution in [-0.4, -0.2) is 45.6 Å². The fraction of sp³-hybridized carbons (Fsp3) is 0.250. The number of benzene rings is 2. The van der Waals surface area contributed by atoms with Gasteiger partial charge in [-0.25, -0.2) is 14.5 Å². The summed E-state index contributed by atoms with van der Waals surface area (Å²) in [5, 5.41) is 7.68. The molecule has 0 radical (unpaired) electrons. The predicted octanol–water partition coefficient (Wildman–Crippen LogP) is 4.23. The molecule has 0 spiro atoms. The van der Waals surface area contributed by atoms with E-state index in [0.29, 0.717) is 40.9 Å². The highest BCUT2D eigenvalue weighted by molar-refractivity contribution is 6.05. The first kappa shape index (κ1) is 24.8. The third-order valence-electron chi connectivity index (χ3n) is 5.82. The molecule has 0 aliphatic carbocycles. The summed E-state index contributed by atoms with van der Waals surface area (Å²) < 4.78 is 7.15. The molecule has 0 unspecified atom stereocenters. The zero-order valence-electron chi connectivity index (χ0n) is 20.4. The molecule has 0 saturated heterocycles. The third kappa shape index (κ3) is 5.83. The molecular formula is C28H28N4O4. The van der Waals surface area contributed by atoms with Gasteiger partial charge in [-0.1, -0.05) is 54.6 Å².